The second kappa shape index (κ2) is 8.83. The summed E-state index contributed by atoms with van der Waals surface area (Å²) in [7, 11) is 1.17. The minimum atomic E-state index is -4.70. The van der Waals surface area contributed by atoms with Gasteiger partial charge >= 0.3 is 12.3 Å². The highest BCUT2D eigenvalue weighted by Gasteiger charge is 2.42. The third-order valence-corrected chi connectivity index (χ3v) is 4.17. The Morgan fingerprint density at radius 3 is 2.39 bits per heavy atom. The molecule has 0 spiro atoms. The SMILES string of the molecule is C=CN=C(N(C)C(C)NC(=O)[C@@H]1C[C@@H](C)CN1C(=O)OC(C)(C)C)C(F)(F)F. The van der Waals surface area contributed by atoms with Crippen molar-refractivity contribution in [2.45, 2.75) is 65.0 Å². The molecule has 1 saturated heterocycles. The summed E-state index contributed by atoms with van der Waals surface area (Å²) in [5.41, 5.74) is -0.722. The first-order valence-corrected chi connectivity index (χ1v) is 8.96. The van der Waals surface area contributed by atoms with Gasteiger partial charge in [-0.15, -0.1) is 0 Å². The lowest BCUT2D eigenvalue weighted by Gasteiger charge is -2.32. The summed E-state index contributed by atoms with van der Waals surface area (Å²) in [4.78, 5) is 30.5. The van der Waals surface area contributed by atoms with E-state index >= 15 is 0 Å². The number of carbonyl (C=O) groups excluding carboxylic acids is 2. The molecule has 0 saturated carbocycles. The zero-order chi connectivity index (χ0) is 21.9. The van der Waals surface area contributed by atoms with Gasteiger partial charge in [-0.3, -0.25) is 9.69 Å². The van der Waals surface area contributed by atoms with Crippen molar-refractivity contribution in [2.24, 2.45) is 10.9 Å². The van der Waals surface area contributed by atoms with Crippen molar-refractivity contribution in [3.8, 4) is 0 Å². The van der Waals surface area contributed by atoms with Gasteiger partial charge in [0.1, 0.15) is 11.6 Å². The number of halogens is 3. The Balaban J connectivity index is 2.90. The van der Waals surface area contributed by atoms with Crippen LogP contribution >= 0.6 is 0 Å². The lowest BCUT2D eigenvalue weighted by molar-refractivity contribution is -0.127. The van der Waals surface area contributed by atoms with Crippen LogP contribution in [-0.2, 0) is 9.53 Å². The maximum Gasteiger partial charge on any atom is 0.449 e. The van der Waals surface area contributed by atoms with Crippen molar-refractivity contribution in [3.05, 3.63) is 12.8 Å². The van der Waals surface area contributed by atoms with Gasteiger partial charge in [0.25, 0.3) is 0 Å². The molecular weight excluding hydrogens is 377 g/mol. The summed E-state index contributed by atoms with van der Waals surface area (Å²) >= 11 is 0. The van der Waals surface area contributed by atoms with Gasteiger partial charge in [0.05, 0.1) is 6.17 Å². The number of ether oxygens (including phenoxy) is 1. The van der Waals surface area contributed by atoms with Crippen molar-refractivity contribution in [2.75, 3.05) is 13.6 Å². The van der Waals surface area contributed by atoms with E-state index in [1.807, 2.05) is 6.92 Å². The van der Waals surface area contributed by atoms with Crippen LogP contribution in [0.25, 0.3) is 0 Å². The fourth-order valence-electron chi connectivity index (χ4n) is 2.85. The number of alkyl halides is 3. The molecule has 0 aromatic heterocycles. The smallest absolute Gasteiger partial charge is 0.444 e. The molecule has 1 heterocycles. The molecule has 0 radical (unpaired) electrons. The number of carbonyl (C=O) groups is 2. The molecule has 1 fully saturated rings. The third-order valence-electron chi connectivity index (χ3n) is 4.17. The molecule has 0 aromatic rings. The molecule has 160 valence electrons. The summed E-state index contributed by atoms with van der Waals surface area (Å²) in [6.07, 6.45) is -5.15. The molecule has 1 N–H and O–H groups in total. The monoisotopic (exact) mass is 406 g/mol. The van der Waals surface area contributed by atoms with Crippen LogP contribution in [0, 0.1) is 5.92 Å². The number of nitrogens with zero attached hydrogens (tertiary/aromatic N) is 3. The Bertz CT molecular complexity index is 629. The van der Waals surface area contributed by atoms with E-state index in [4.69, 9.17) is 4.74 Å². The van der Waals surface area contributed by atoms with Crippen LogP contribution < -0.4 is 5.32 Å². The number of likely N-dealkylation sites (tertiary alicyclic amines) is 1. The number of aliphatic imine (C=N–C) groups is 1. The standard InChI is InChI=1S/C18H29F3N4O3/c1-8-22-15(18(19,20)21)24(7)12(3)23-14(26)13-9-11(2)10-25(13)16(27)28-17(4,5)6/h8,11-13H,1,9-10H2,2-7H3,(H,23,26)/t11-,12?,13+/m1/s1. The van der Waals surface area contributed by atoms with E-state index in [9.17, 15) is 22.8 Å². The minimum absolute atomic E-state index is 0.0596. The molecule has 1 unspecified atom stereocenters. The Morgan fingerprint density at radius 2 is 1.93 bits per heavy atom. The Morgan fingerprint density at radius 1 is 1.36 bits per heavy atom. The van der Waals surface area contributed by atoms with Crippen LogP contribution in [0.4, 0.5) is 18.0 Å². The largest absolute Gasteiger partial charge is 0.449 e. The molecule has 28 heavy (non-hydrogen) atoms. The number of amidine groups is 1. The maximum absolute atomic E-state index is 13.1. The van der Waals surface area contributed by atoms with E-state index in [2.05, 4.69) is 16.9 Å². The minimum Gasteiger partial charge on any atom is -0.444 e. The highest BCUT2D eigenvalue weighted by molar-refractivity contribution is 5.90. The van der Waals surface area contributed by atoms with Gasteiger partial charge in [-0.1, -0.05) is 13.5 Å². The van der Waals surface area contributed by atoms with E-state index < -0.39 is 41.8 Å². The average molecular weight is 406 g/mol. The average Bonchev–Trinajstić information content (AvgIpc) is 2.91. The topological polar surface area (TPSA) is 74.2 Å². The molecular formula is C18H29F3N4O3. The fourth-order valence-corrected chi connectivity index (χ4v) is 2.85. The van der Waals surface area contributed by atoms with E-state index in [0.717, 1.165) is 11.1 Å². The molecule has 2 amide bonds. The Labute approximate surface area is 163 Å². The van der Waals surface area contributed by atoms with Gasteiger partial charge in [0.2, 0.25) is 11.7 Å². The zero-order valence-corrected chi connectivity index (χ0v) is 17.1. The van der Waals surface area contributed by atoms with Crippen molar-refractivity contribution in [3.63, 3.8) is 0 Å². The van der Waals surface area contributed by atoms with Crippen LogP contribution in [-0.4, -0.2) is 65.2 Å². The third kappa shape index (κ3) is 6.42. The summed E-state index contributed by atoms with van der Waals surface area (Å²) in [6.45, 7) is 12.0. The zero-order valence-electron chi connectivity index (χ0n) is 17.1. The molecule has 1 aliphatic heterocycles. The summed E-state index contributed by atoms with van der Waals surface area (Å²) < 4.78 is 44.7. The first-order valence-electron chi connectivity index (χ1n) is 8.96. The molecule has 7 nitrogen and oxygen atoms in total. The van der Waals surface area contributed by atoms with Gasteiger partial charge in [-0.25, -0.2) is 9.79 Å². The highest BCUT2D eigenvalue weighted by atomic mass is 19.4. The molecule has 1 aliphatic rings. The van der Waals surface area contributed by atoms with E-state index in [1.54, 1.807) is 20.8 Å². The maximum atomic E-state index is 13.1. The Hall–Kier alpha value is -2.26. The molecule has 0 aliphatic carbocycles. The first kappa shape index (κ1) is 23.8. The molecule has 3 atom stereocenters. The lowest BCUT2D eigenvalue weighted by atomic mass is 10.1. The fraction of sp³-hybridized carbons (Fsp3) is 0.722. The van der Waals surface area contributed by atoms with Crippen LogP contribution in [0.15, 0.2) is 17.8 Å². The van der Waals surface area contributed by atoms with E-state index in [0.29, 0.717) is 13.0 Å². The van der Waals surface area contributed by atoms with Gasteiger partial charge in [-0.05, 0) is 40.0 Å². The number of rotatable bonds is 4. The van der Waals surface area contributed by atoms with Gasteiger partial charge in [0.15, 0.2) is 0 Å². The second-order valence-corrected chi connectivity index (χ2v) is 7.92. The number of amides is 2. The van der Waals surface area contributed by atoms with Crippen molar-refractivity contribution < 1.29 is 27.5 Å². The normalized spacial score (nSPS) is 21.9. The quantitative estimate of drug-likeness (QED) is 0.442. The van der Waals surface area contributed by atoms with Gasteiger partial charge < -0.3 is 15.0 Å². The van der Waals surface area contributed by atoms with Gasteiger partial charge in [0, 0.05) is 19.8 Å². The summed E-state index contributed by atoms with van der Waals surface area (Å²) in [6, 6.07) is -0.814. The molecule has 0 bridgehead atoms. The van der Waals surface area contributed by atoms with Crippen molar-refractivity contribution in [1.82, 2.24) is 15.1 Å². The Kier molecular flexibility index (Phi) is 7.50. The highest BCUT2D eigenvalue weighted by Crippen LogP contribution is 2.26. The second-order valence-electron chi connectivity index (χ2n) is 7.92. The predicted molar refractivity (Wildman–Crippen MR) is 99.6 cm³/mol. The number of hydrogen-bond donors (Lipinski definition) is 1. The van der Waals surface area contributed by atoms with Gasteiger partial charge in [-0.2, -0.15) is 13.2 Å². The molecule has 1 rings (SSSR count). The van der Waals surface area contributed by atoms with Crippen LogP contribution in [0.1, 0.15) is 41.0 Å². The summed E-state index contributed by atoms with van der Waals surface area (Å²) in [5.74, 6) is -1.67. The van der Waals surface area contributed by atoms with E-state index in [1.165, 1.54) is 18.9 Å². The van der Waals surface area contributed by atoms with Crippen molar-refractivity contribution >= 4 is 17.8 Å². The first-order chi connectivity index (χ1) is 12.7. The predicted octanol–water partition coefficient (Wildman–Crippen LogP) is 3.13. The van der Waals surface area contributed by atoms with E-state index in [-0.39, 0.29) is 5.92 Å². The van der Waals surface area contributed by atoms with Crippen LogP contribution in [0.5, 0.6) is 0 Å². The molecule has 10 heteroatoms. The van der Waals surface area contributed by atoms with Crippen molar-refractivity contribution in [1.29, 1.82) is 0 Å². The molecule has 0 aromatic carbocycles. The number of nitrogens with one attached hydrogen (secondary N) is 1. The summed E-state index contributed by atoms with van der Waals surface area (Å²) in [5, 5.41) is 2.52. The lowest BCUT2D eigenvalue weighted by Crippen LogP contribution is -2.55. The van der Waals surface area contributed by atoms with Crippen LogP contribution in [0.2, 0.25) is 0 Å². The number of hydrogen-bond acceptors (Lipinski definition) is 4. The van der Waals surface area contributed by atoms with Crippen LogP contribution in [0.3, 0.4) is 0 Å².